The number of fused-ring (bicyclic) bond motifs is 7. The second-order valence-corrected chi connectivity index (χ2v) is 10.1. The Morgan fingerprint density at radius 3 is 0.789 bits per heavy atom. The molecule has 0 fully saturated rings. The second-order valence-electron chi connectivity index (χ2n) is 10.1. The third-order valence-corrected chi connectivity index (χ3v) is 7.77. The molecule has 8 rings (SSSR count). The van der Waals surface area contributed by atoms with Crippen molar-refractivity contribution in [3.63, 3.8) is 0 Å². The first-order chi connectivity index (χ1) is 18.4. The van der Waals surface area contributed by atoms with Crippen LogP contribution in [-0.4, -0.2) is 0 Å². The number of hydrogen-bond donors (Lipinski definition) is 0. The van der Waals surface area contributed by atoms with Crippen molar-refractivity contribution in [2.24, 2.45) is 0 Å². The Bertz CT molecular complexity index is 2410. The van der Waals surface area contributed by atoms with Crippen LogP contribution in [0.3, 0.4) is 0 Å². The Morgan fingerprint density at radius 1 is 0.263 bits per heavy atom. The second kappa shape index (κ2) is 7.17. The maximum absolute atomic E-state index is 12.4. The summed E-state index contributed by atoms with van der Waals surface area (Å²) in [6.07, 6.45) is 0. The van der Waals surface area contributed by atoms with Gasteiger partial charge in [0.15, 0.2) is 0 Å². The summed E-state index contributed by atoms with van der Waals surface area (Å²) >= 11 is 0. The Morgan fingerprint density at radius 2 is 0.500 bits per heavy atom. The zero-order chi connectivity index (χ0) is 25.7. The van der Waals surface area contributed by atoms with Gasteiger partial charge in [-0.15, -0.1) is 0 Å². The summed E-state index contributed by atoms with van der Waals surface area (Å²) in [6, 6.07) is 32.9. The van der Waals surface area contributed by atoms with Crippen molar-refractivity contribution in [1.82, 2.24) is 0 Å². The molecule has 0 saturated carbocycles. The van der Waals surface area contributed by atoms with E-state index in [1.54, 1.807) is 12.1 Å². The fourth-order valence-corrected chi connectivity index (χ4v) is 5.83. The average Bonchev–Trinajstić information content (AvgIpc) is 2.93. The van der Waals surface area contributed by atoms with Gasteiger partial charge in [-0.05, 0) is 137 Å². The van der Waals surface area contributed by atoms with Crippen molar-refractivity contribution < 1.29 is 0 Å². The summed E-state index contributed by atoms with van der Waals surface area (Å²) < 4.78 is 0. The predicted octanol–water partition coefficient (Wildman–Crippen LogP) is 6.08. The molecule has 0 atom stereocenters. The molecule has 0 heterocycles. The maximum Gasteiger partial charge on any atom is 0.277 e. The molecular formula is C34H16O4. The normalized spacial score (nSPS) is 12.1. The first kappa shape index (κ1) is 20.9. The summed E-state index contributed by atoms with van der Waals surface area (Å²) in [7, 11) is 0. The highest BCUT2D eigenvalue weighted by molar-refractivity contribution is 6.12. The number of rotatable bonds is 0. The van der Waals surface area contributed by atoms with Gasteiger partial charge in [0.2, 0.25) is 10.9 Å². The van der Waals surface area contributed by atoms with Crippen LogP contribution in [0.1, 0.15) is 0 Å². The largest absolute Gasteiger partial charge is 0.285 e. The van der Waals surface area contributed by atoms with E-state index in [9.17, 15) is 19.2 Å². The number of benzene rings is 8. The molecule has 4 nitrogen and oxygen atoms in total. The fraction of sp³-hybridized carbons (Fsp3) is 0. The van der Waals surface area contributed by atoms with Crippen LogP contribution in [0.25, 0.3) is 75.4 Å². The molecule has 0 aliphatic rings. The van der Waals surface area contributed by atoms with Crippen molar-refractivity contribution in [1.29, 1.82) is 0 Å². The summed E-state index contributed by atoms with van der Waals surface area (Å²) in [6.45, 7) is 0. The zero-order valence-electron chi connectivity index (χ0n) is 19.9. The molecule has 4 heteroatoms. The highest BCUT2D eigenvalue weighted by Crippen LogP contribution is 2.33. The van der Waals surface area contributed by atoms with Crippen LogP contribution < -0.4 is 21.7 Å². The van der Waals surface area contributed by atoms with Crippen LogP contribution in [0.2, 0.25) is 0 Å². The van der Waals surface area contributed by atoms with E-state index >= 15 is 0 Å². The molecule has 176 valence electrons. The minimum atomic E-state index is -1.26. The van der Waals surface area contributed by atoms with Gasteiger partial charge in [0.1, 0.15) is 0 Å². The molecule has 38 heavy (non-hydrogen) atoms. The van der Waals surface area contributed by atoms with E-state index in [2.05, 4.69) is 72.8 Å². The standard InChI is InChI=1S/C34H16O4/c35-31-29-15-27-13-25-11-23-9-21-7-19-5-17-3-1-2-4-18(17)6-20(19)8-22(21)10-24(23)12-26(25)14-28(27)16-30(29)32(36)34(38)33(31)37/h1-16H. The van der Waals surface area contributed by atoms with Gasteiger partial charge < -0.3 is 0 Å². The Balaban J connectivity index is 1.41. The van der Waals surface area contributed by atoms with Crippen LogP contribution in [0.4, 0.5) is 0 Å². The SMILES string of the molecule is O=c1c(=O)c(=O)c2cc3cc4cc5cc6cc7cc8ccccc8cc7cc6cc5cc4cc3cc2c1=O. The van der Waals surface area contributed by atoms with E-state index in [0.717, 1.165) is 43.1 Å². The van der Waals surface area contributed by atoms with Gasteiger partial charge in [0.05, 0.1) is 0 Å². The third kappa shape index (κ3) is 2.86. The number of hydrogen-bond acceptors (Lipinski definition) is 4. The van der Waals surface area contributed by atoms with Gasteiger partial charge in [-0.25, -0.2) is 0 Å². The minimum Gasteiger partial charge on any atom is -0.285 e. The van der Waals surface area contributed by atoms with Crippen molar-refractivity contribution in [2.75, 3.05) is 0 Å². The molecule has 0 N–H and O–H groups in total. The van der Waals surface area contributed by atoms with E-state index in [4.69, 9.17) is 0 Å². The summed E-state index contributed by atoms with van der Waals surface area (Å²) in [5.74, 6) is 0. The minimum absolute atomic E-state index is 0.00219. The van der Waals surface area contributed by atoms with Crippen molar-refractivity contribution >= 4 is 75.4 Å². The Hall–Kier alpha value is -5.22. The fourth-order valence-electron chi connectivity index (χ4n) is 5.83. The van der Waals surface area contributed by atoms with E-state index in [1.807, 2.05) is 12.1 Å². The van der Waals surface area contributed by atoms with Crippen LogP contribution >= 0.6 is 0 Å². The Labute approximate surface area is 213 Å². The van der Waals surface area contributed by atoms with E-state index in [1.165, 1.54) is 21.5 Å². The molecule has 0 aromatic heterocycles. The molecular weight excluding hydrogens is 472 g/mol. The molecule has 0 amide bonds. The lowest BCUT2D eigenvalue weighted by Crippen LogP contribution is -2.46. The van der Waals surface area contributed by atoms with Crippen molar-refractivity contribution in [2.45, 2.75) is 0 Å². The van der Waals surface area contributed by atoms with Gasteiger partial charge >= 0.3 is 0 Å². The van der Waals surface area contributed by atoms with Crippen LogP contribution in [0.5, 0.6) is 0 Å². The van der Waals surface area contributed by atoms with Gasteiger partial charge in [-0.3, -0.25) is 19.2 Å². The zero-order valence-corrected chi connectivity index (χ0v) is 19.9. The molecule has 0 saturated heterocycles. The van der Waals surface area contributed by atoms with Gasteiger partial charge in [-0.1, -0.05) is 24.3 Å². The van der Waals surface area contributed by atoms with Crippen LogP contribution in [0.15, 0.2) is 116 Å². The van der Waals surface area contributed by atoms with Gasteiger partial charge in [0.25, 0.3) is 10.9 Å². The van der Waals surface area contributed by atoms with Crippen molar-refractivity contribution in [3.05, 3.63) is 138 Å². The first-order valence-corrected chi connectivity index (χ1v) is 12.3. The molecule has 0 aliphatic heterocycles. The maximum atomic E-state index is 12.4. The molecule has 0 bridgehead atoms. The van der Waals surface area contributed by atoms with E-state index in [0.29, 0.717) is 0 Å². The quantitative estimate of drug-likeness (QED) is 0.192. The molecule has 8 aromatic rings. The van der Waals surface area contributed by atoms with Gasteiger partial charge in [0, 0.05) is 10.8 Å². The monoisotopic (exact) mass is 488 g/mol. The highest BCUT2D eigenvalue weighted by Gasteiger charge is 2.14. The average molecular weight is 488 g/mol. The molecule has 0 unspecified atom stereocenters. The van der Waals surface area contributed by atoms with E-state index < -0.39 is 21.7 Å². The first-order valence-electron chi connectivity index (χ1n) is 12.3. The molecule has 0 aliphatic carbocycles. The molecule has 0 radical (unpaired) electrons. The smallest absolute Gasteiger partial charge is 0.277 e. The van der Waals surface area contributed by atoms with Gasteiger partial charge in [-0.2, -0.15) is 0 Å². The predicted molar refractivity (Wildman–Crippen MR) is 156 cm³/mol. The van der Waals surface area contributed by atoms with Crippen LogP contribution in [-0.2, 0) is 0 Å². The lowest BCUT2D eigenvalue weighted by atomic mass is 9.94. The van der Waals surface area contributed by atoms with Crippen molar-refractivity contribution in [3.8, 4) is 0 Å². The summed E-state index contributed by atoms with van der Waals surface area (Å²) in [4.78, 5) is 48.7. The highest BCUT2D eigenvalue weighted by atomic mass is 16.2. The Kier molecular flexibility index (Phi) is 3.95. The summed E-state index contributed by atoms with van der Waals surface area (Å²) in [5.41, 5.74) is -4.37. The lowest BCUT2D eigenvalue weighted by Gasteiger charge is -2.09. The molecule has 0 spiro atoms. The van der Waals surface area contributed by atoms with E-state index in [-0.39, 0.29) is 10.8 Å². The lowest BCUT2D eigenvalue weighted by molar-refractivity contribution is 1.40. The topological polar surface area (TPSA) is 68.3 Å². The molecule has 8 aromatic carbocycles. The third-order valence-electron chi connectivity index (χ3n) is 7.77. The van der Waals surface area contributed by atoms with Crippen LogP contribution in [0, 0.1) is 0 Å². The summed E-state index contributed by atoms with van der Waals surface area (Å²) in [5, 5.41) is 12.7.